The van der Waals surface area contributed by atoms with Gasteiger partial charge in [-0.2, -0.15) is 0 Å². The van der Waals surface area contributed by atoms with E-state index in [4.69, 9.17) is 10.5 Å². The molecule has 0 aliphatic carbocycles. The molecule has 0 aliphatic rings. The third-order valence-corrected chi connectivity index (χ3v) is 1.44. The van der Waals surface area contributed by atoms with Gasteiger partial charge in [0.05, 0.1) is 12.2 Å². The molecule has 5 nitrogen and oxygen atoms in total. The van der Waals surface area contributed by atoms with Crippen LogP contribution in [0.4, 0.5) is 0 Å². The minimum Gasteiger partial charge on any atom is -0.512 e. The molecule has 0 saturated heterocycles. The Morgan fingerprint density at radius 3 is 2.14 bits per heavy atom. The Labute approximate surface area is 81.9 Å². The van der Waals surface area contributed by atoms with Gasteiger partial charge in [-0.1, -0.05) is 0 Å². The van der Waals surface area contributed by atoms with Gasteiger partial charge in [-0.15, -0.1) is 0 Å². The van der Waals surface area contributed by atoms with E-state index in [1.165, 1.54) is 13.8 Å². The highest BCUT2D eigenvalue weighted by molar-refractivity contribution is 6.48. The maximum atomic E-state index is 11.0. The molecule has 5 heteroatoms. The minimum absolute atomic E-state index is 0.122. The monoisotopic (exact) mass is 199 g/mol. The van der Waals surface area contributed by atoms with E-state index in [0.29, 0.717) is 0 Å². The standard InChI is InChI=1S/C9H13NO4/c1-4-14-9(13)8(10)7(5(2)11)6(3)12/h10-11H,4H2,1-3H3/b7-5+,10-8?. The number of rotatable bonds is 4. The second kappa shape index (κ2) is 5.16. The number of carbonyl (C=O) groups excluding carboxylic acids is 2. The van der Waals surface area contributed by atoms with Crippen molar-refractivity contribution in [1.82, 2.24) is 0 Å². The van der Waals surface area contributed by atoms with Crippen molar-refractivity contribution in [3.05, 3.63) is 11.3 Å². The van der Waals surface area contributed by atoms with E-state index >= 15 is 0 Å². The van der Waals surface area contributed by atoms with Crippen molar-refractivity contribution < 1.29 is 19.4 Å². The first-order chi connectivity index (χ1) is 6.41. The molecule has 0 atom stereocenters. The van der Waals surface area contributed by atoms with Crippen LogP contribution in [0.2, 0.25) is 0 Å². The van der Waals surface area contributed by atoms with E-state index in [-0.39, 0.29) is 17.9 Å². The van der Waals surface area contributed by atoms with Gasteiger partial charge in [-0.25, -0.2) is 4.79 Å². The average molecular weight is 199 g/mol. The SMILES string of the molecule is CCOC(=O)C(=N)/C(C(C)=O)=C(\C)O. The van der Waals surface area contributed by atoms with E-state index in [9.17, 15) is 9.59 Å². The summed E-state index contributed by atoms with van der Waals surface area (Å²) in [6, 6.07) is 0. The molecule has 0 rings (SSSR count). The fourth-order valence-electron chi connectivity index (χ4n) is 0.917. The molecule has 0 unspecified atom stereocenters. The molecule has 0 aromatic carbocycles. The largest absolute Gasteiger partial charge is 0.512 e. The Hall–Kier alpha value is -1.65. The summed E-state index contributed by atoms with van der Waals surface area (Å²) in [5.41, 5.74) is -0.914. The Kier molecular flexibility index (Phi) is 4.55. The molecule has 0 aromatic heterocycles. The molecule has 78 valence electrons. The molecule has 2 N–H and O–H groups in total. The van der Waals surface area contributed by atoms with Gasteiger partial charge in [-0.05, 0) is 20.8 Å². The number of carbonyl (C=O) groups is 2. The van der Waals surface area contributed by atoms with Crippen LogP contribution in [0.15, 0.2) is 11.3 Å². The lowest BCUT2D eigenvalue weighted by Gasteiger charge is -2.05. The van der Waals surface area contributed by atoms with Crippen molar-refractivity contribution in [2.45, 2.75) is 20.8 Å². The van der Waals surface area contributed by atoms with Gasteiger partial charge in [0.1, 0.15) is 5.76 Å². The molecular weight excluding hydrogens is 186 g/mol. The van der Waals surface area contributed by atoms with Gasteiger partial charge in [0.25, 0.3) is 0 Å². The topological polar surface area (TPSA) is 87.5 Å². The van der Waals surface area contributed by atoms with Crippen molar-refractivity contribution >= 4 is 17.5 Å². The van der Waals surface area contributed by atoms with Gasteiger partial charge in [0.2, 0.25) is 0 Å². The van der Waals surface area contributed by atoms with E-state index in [2.05, 4.69) is 4.74 Å². The number of Topliss-reactive ketones (excluding diaryl/α,β-unsaturated/α-hetero) is 1. The van der Waals surface area contributed by atoms with Gasteiger partial charge in [0, 0.05) is 0 Å². The Morgan fingerprint density at radius 1 is 1.36 bits per heavy atom. The number of hydrogen-bond acceptors (Lipinski definition) is 5. The van der Waals surface area contributed by atoms with Crippen LogP contribution in [0.3, 0.4) is 0 Å². The lowest BCUT2D eigenvalue weighted by atomic mass is 10.1. The lowest BCUT2D eigenvalue weighted by Crippen LogP contribution is -2.23. The van der Waals surface area contributed by atoms with Crippen molar-refractivity contribution in [1.29, 1.82) is 5.41 Å². The molecule has 0 aromatic rings. The lowest BCUT2D eigenvalue weighted by molar-refractivity contribution is -0.135. The summed E-state index contributed by atoms with van der Waals surface area (Å²) in [5.74, 6) is -1.80. The second-order valence-electron chi connectivity index (χ2n) is 2.61. The van der Waals surface area contributed by atoms with Gasteiger partial charge in [0.15, 0.2) is 11.5 Å². The summed E-state index contributed by atoms with van der Waals surface area (Å²) >= 11 is 0. The quantitative estimate of drug-likeness (QED) is 0.306. The molecular formula is C9H13NO4. The smallest absolute Gasteiger partial charge is 0.357 e. The number of aliphatic hydroxyl groups is 1. The van der Waals surface area contributed by atoms with Crippen LogP contribution in [0.1, 0.15) is 20.8 Å². The van der Waals surface area contributed by atoms with Crippen molar-refractivity contribution in [2.24, 2.45) is 0 Å². The predicted octanol–water partition coefficient (Wildman–Crippen LogP) is 0.990. The van der Waals surface area contributed by atoms with Crippen LogP contribution >= 0.6 is 0 Å². The zero-order valence-electron chi connectivity index (χ0n) is 8.38. The third-order valence-electron chi connectivity index (χ3n) is 1.44. The van der Waals surface area contributed by atoms with Crippen LogP contribution in [-0.2, 0) is 14.3 Å². The van der Waals surface area contributed by atoms with Crippen LogP contribution < -0.4 is 0 Å². The first kappa shape index (κ1) is 12.3. The van der Waals surface area contributed by atoms with Crippen LogP contribution in [0.5, 0.6) is 0 Å². The maximum Gasteiger partial charge on any atom is 0.357 e. The second-order valence-corrected chi connectivity index (χ2v) is 2.61. The summed E-state index contributed by atoms with van der Waals surface area (Å²) in [4.78, 5) is 22.0. The zero-order valence-corrected chi connectivity index (χ0v) is 8.38. The average Bonchev–Trinajstić information content (AvgIpc) is 2.03. The number of nitrogens with one attached hydrogen (secondary N) is 1. The maximum absolute atomic E-state index is 11.0. The minimum atomic E-state index is -0.911. The summed E-state index contributed by atoms with van der Waals surface area (Å²) < 4.78 is 4.52. The van der Waals surface area contributed by atoms with Crippen molar-refractivity contribution in [2.75, 3.05) is 6.61 Å². The van der Waals surface area contributed by atoms with Gasteiger partial charge < -0.3 is 9.84 Å². The number of ketones is 1. The Morgan fingerprint density at radius 2 is 1.86 bits per heavy atom. The van der Waals surface area contributed by atoms with Crippen LogP contribution in [-0.4, -0.2) is 29.2 Å². The molecule has 0 aliphatic heterocycles. The Balaban J connectivity index is 4.91. The van der Waals surface area contributed by atoms with Crippen LogP contribution in [0.25, 0.3) is 0 Å². The highest BCUT2D eigenvalue weighted by atomic mass is 16.5. The molecule has 0 heterocycles. The van der Waals surface area contributed by atoms with E-state index < -0.39 is 17.5 Å². The van der Waals surface area contributed by atoms with E-state index in [0.717, 1.165) is 0 Å². The first-order valence-corrected chi connectivity index (χ1v) is 4.08. The van der Waals surface area contributed by atoms with Crippen LogP contribution in [0, 0.1) is 5.41 Å². The number of hydrogen-bond donors (Lipinski definition) is 2. The predicted molar refractivity (Wildman–Crippen MR) is 50.4 cm³/mol. The highest BCUT2D eigenvalue weighted by Crippen LogP contribution is 2.05. The molecule has 0 bridgehead atoms. The van der Waals surface area contributed by atoms with Gasteiger partial charge in [-0.3, -0.25) is 10.2 Å². The van der Waals surface area contributed by atoms with Crippen molar-refractivity contribution in [3.8, 4) is 0 Å². The fourth-order valence-corrected chi connectivity index (χ4v) is 0.917. The molecule has 0 amide bonds. The number of ether oxygens (including phenoxy) is 1. The number of allylic oxidation sites excluding steroid dienone is 1. The molecule has 0 fully saturated rings. The fraction of sp³-hybridized carbons (Fsp3) is 0.444. The number of esters is 1. The summed E-state index contributed by atoms with van der Waals surface area (Å²) in [7, 11) is 0. The summed E-state index contributed by atoms with van der Waals surface area (Å²) in [6.07, 6.45) is 0. The van der Waals surface area contributed by atoms with E-state index in [1.54, 1.807) is 6.92 Å². The third kappa shape index (κ3) is 3.01. The molecule has 0 saturated carbocycles. The van der Waals surface area contributed by atoms with Crippen molar-refractivity contribution in [3.63, 3.8) is 0 Å². The number of aliphatic hydroxyl groups excluding tert-OH is 1. The first-order valence-electron chi connectivity index (χ1n) is 4.08. The highest BCUT2D eigenvalue weighted by Gasteiger charge is 2.21. The summed E-state index contributed by atoms with van der Waals surface area (Å²) in [5, 5.41) is 16.4. The molecule has 14 heavy (non-hydrogen) atoms. The van der Waals surface area contributed by atoms with E-state index in [1.807, 2.05) is 0 Å². The van der Waals surface area contributed by atoms with Gasteiger partial charge >= 0.3 is 5.97 Å². The molecule has 0 radical (unpaired) electrons. The summed E-state index contributed by atoms with van der Waals surface area (Å²) in [6.45, 7) is 4.12. The Bertz CT molecular complexity index is 300. The zero-order chi connectivity index (χ0) is 11.3. The molecule has 0 spiro atoms. The normalized spacial score (nSPS) is 11.6.